The van der Waals surface area contributed by atoms with Gasteiger partial charge in [-0.3, -0.25) is 53.7 Å². The Labute approximate surface area is 362 Å². The van der Waals surface area contributed by atoms with Crippen molar-refractivity contribution in [2.45, 2.75) is 95.6 Å². The average Bonchev–Trinajstić information content (AvgIpc) is 3.80. The molecule has 2 fully saturated rings. The van der Waals surface area contributed by atoms with Crippen molar-refractivity contribution in [2.24, 2.45) is 0 Å². The van der Waals surface area contributed by atoms with E-state index in [2.05, 4.69) is 31.5 Å². The molecule has 19 heteroatoms. The smallest absolute Gasteiger partial charge is 0.271 e. The highest BCUT2D eigenvalue weighted by Gasteiger charge is 2.46. The SMILES string of the molecule is O=C(COc1cccc2c1C(=O)N(C1CCC(=O)NC1=O)C2=O)NCCCCCCCCCCC(=O)N1CCC(NC(=O)c2[nH]ncc2NC(=O)c2c(Cl)cccc2Cl)CC1. The van der Waals surface area contributed by atoms with Gasteiger partial charge in [-0.25, -0.2) is 0 Å². The zero-order valence-corrected chi connectivity index (χ0v) is 35.0. The summed E-state index contributed by atoms with van der Waals surface area (Å²) < 4.78 is 5.63. The monoisotopic (exact) mass is 878 g/mol. The Bertz CT molecular complexity index is 2150. The summed E-state index contributed by atoms with van der Waals surface area (Å²) in [4.78, 5) is 104. The lowest BCUT2D eigenvalue weighted by Crippen LogP contribution is -2.54. The number of carbonyl (C=O) groups is 8. The van der Waals surface area contributed by atoms with E-state index in [0.717, 1.165) is 56.3 Å². The van der Waals surface area contributed by atoms with Crippen LogP contribution in [0.15, 0.2) is 42.6 Å². The van der Waals surface area contributed by atoms with Gasteiger partial charge in [-0.15, -0.1) is 0 Å². The van der Waals surface area contributed by atoms with Gasteiger partial charge in [-0.1, -0.05) is 73.9 Å². The summed E-state index contributed by atoms with van der Waals surface area (Å²) in [7, 11) is 0. The minimum atomic E-state index is -1.09. The van der Waals surface area contributed by atoms with Gasteiger partial charge < -0.3 is 25.6 Å². The van der Waals surface area contributed by atoms with Crippen LogP contribution in [0.5, 0.6) is 5.75 Å². The highest BCUT2D eigenvalue weighted by atomic mass is 35.5. The Morgan fingerprint density at radius 3 is 2.20 bits per heavy atom. The molecule has 0 saturated carbocycles. The predicted molar refractivity (Wildman–Crippen MR) is 223 cm³/mol. The summed E-state index contributed by atoms with van der Waals surface area (Å²) in [6.45, 7) is 1.20. The molecule has 0 bridgehead atoms. The molecule has 8 amide bonds. The first kappa shape index (κ1) is 44.7. The molecule has 1 aromatic heterocycles. The zero-order valence-electron chi connectivity index (χ0n) is 33.5. The van der Waals surface area contributed by atoms with Gasteiger partial charge >= 0.3 is 0 Å². The number of hydrogen-bond donors (Lipinski definition) is 5. The average molecular weight is 880 g/mol. The van der Waals surface area contributed by atoms with E-state index < -0.39 is 41.5 Å². The maximum absolute atomic E-state index is 13.2. The number of hydrogen-bond acceptors (Lipinski definition) is 10. The number of benzene rings is 2. The maximum Gasteiger partial charge on any atom is 0.271 e. The lowest BCUT2D eigenvalue weighted by atomic mass is 10.0. The molecule has 1 atom stereocenters. The van der Waals surface area contributed by atoms with Crippen LogP contribution < -0.4 is 26.0 Å². The normalized spacial score (nSPS) is 16.6. The third-order valence-corrected chi connectivity index (χ3v) is 11.5. The number of anilines is 1. The van der Waals surface area contributed by atoms with Crippen LogP contribution in [0, 0.1) is 0 Å². The second-order valence-corrected chi connectivity index (χ2v) is 16.0. The van der Waals surface area contributed by atoms with Crippen molar-refractivity contribution in [3.8, 4) is 5.75 Å². The fraction of sp³-hybridized carbons (Fsp3) is 0.452. The van der Waals surface area contributed by atoms with Crippen molar-refractivity contribution in [1.82, 2.24) is 35.9 Å². The number of piperidine rings is 2. The fourth-order valence-corrected chi connectivity index (χ4v) is 8.20. The number of carbonyl (C=O) groups excluding carboxylic acids is 8. The van der Waals surface area contributed by atoms with Gasteiger partial charge in [0.2, 0.25) is 17.7 Å². The van der Waals surface area contributed by atoms with Crippen molar-refractivity contribution < 1.29 is 43.1 Å². The van der Waals surface area contributed by atoms with Crippen LogP contribution in [-0.4, -0.2) is 106 Å². The first-order valence-corrected chi connectivity index (χ1v) is 21.3. The van der Waals surface area contributed by atoms with Gasteiger partial charge in [0, 0.05) is 38.5 Å². The largest absolute Gasteiger partial charge is 0.483 e. The molecule has 3 aromatic rings. The van der Waals surface area contributed by atoms with Crippen LogP contribution in [0.1, 0.15) is 125 Å². The molecule has 6 rings (SSSR count). The number of imide groups is 2. The fourth-order valence-electron chi connectivity index (χ4n) is 7.63. The van der Waals surface area contributed by atoms with E-state index in [1.54, 1.807) is 18.2 Å². The van der Waals surface area contributed by atoms with E-state index in [0.29, 0.717) is 38.9 Å². The summed E-state index contributed by atoms with van der Waals surface area (Å²) in [5, 5.41) is 17.5. The minimum absolute atomic E-state index is 0.00711. The van der Waals surface area contributed by atoms with Crippen molar-refractivity contribution in [1.29, 1.82) is 0 Å². The molecule has 0 spiro atoms. The number of nitrogens with zero attached hydrogens (tertiary/aromatic N) is 3. The Hall–Kier alpha value is -5.81. The van der Waals surface area contributed by atoms with Crippen LogP contribution in [0.4, 0.5) is 5.69 Å². The maximum atomic E-state index is 13.2. The molecule has 2 aromatic carbocycles. The number of ether oxygens (including phenoxy) is 1. The highest BCUT2D eigenvalue weighted by Crippen LogP contribution is 2.34. The summed E-state index contributed by atoms with van der Waals surface area (Å²) in [5.41, 5.74) is 0.453. The van der Waals surface area contributed by atoms with Gasteiger partial charge in [0.25, 0.3) is 29.5 Å². The van der Waals surface area contributed by atoms with Crippen LogP contribution in [0.3, 0.4) is 0 Å². The van der Waals surface area contributed by atoms with Gasteiger partial charge in [-0.2, -0.15) is 5.10 Å². The quantitative estimate of drug-likeness (QED) is 0.0817. The second-order valence-electron chi connectivity index (χ2n) is 15.2. The lowest BCUT2D eigenvalue weighted by molar-refractivity contribution is -0.136. The van der Waals surface area contributed by atoms with Crippen LogP contribution >= 0.6 is 23.2 Å². The van der Waals surface area contributed by atoms with Crippen molar-refractivity contribution in [2.75, 3.05) is 31.6 Å². The van der Waals surface area contributed by atoms with Crippen LogP contribution in [-0.2, 0) is 19.2 Å². The Balaban J connectivity index is 0.780. The third-order valence-electron chi connectivity index (χ3n) is 10.9. The van der Waals surface area contributed by atoms with Gasteiger partial charge in [-0.05, 0) is 56.4 Å². The number of aromatic amines is 1. The Morgan fingerprint density at radius 1 is 0.820 bits per heavy atom. The number of aromatic nitrogens is 2. The Morgan fingerprint density at radius 2 is 1.49 bits per heavy atom. The molecule has 0 radical (unpaired) electrons. The molecule has 2 saturated heterocycles. The lowest BCUT2D eigenvalue weighted by Gasteiger charge is -2.32. The molecule has 4 heterocycles. The van der Waals surface area contributed by atoms with E-state index in [9.17, 15) is 38.4 Å². The first-order chi connectivity index (χ1) is 29.4. The Kier molecular flexibility index (Phi) is 15.5. The van der Waals surface area contributed by atoms with E-state index in [-0.39, 0.29) is 81.2 Å². The number of likely N-dealkylation sites (tertiary alicyclic amines) is 1. The van der Waals surface area contributed by atoms with Gasteiger partial charge in [0.15, 0.2) is 6.61 Å². The zero-order chi connectivity index (χ0) is 43.5. The number of fused-ring (bicyclic) bond motifs is 1. The molecule has 17 nitrogen and oxygen atoms in total. The van der Waals surface area contributed by atoms with Crippen LogP contribution in [0.25, 0.3) is 0 Å². The standard InChI is InChI=1S/C42H48Cl2N8O9/c43-27-12-10-13-28(44)36(27)39(57)48-29-23-46-50-37(29)40(58)47-25-18-21-51(22-19-25)34(55)15-7-5-3-1-2-4-6-8-20-45-33(54)24-61-31-14-9-11-26-35(31)42(60)52(41(26)59)30-16-17-32(53)49-38(30)56/h9-14,23,25,30H,1-8,15-22,24H2,(H,45,54)(H,46,50)(H,47,58)(H,48,57)(H,49,53,56). The molecule has 0 aliphatic carbocycles. The highest BCUT2D eigenvalue weighted by molar-refractivity contribution is 6.40. The van der Waals surface area contributed by atoms with Gasteiger partial charge in [0.05, 0.1) is 38.6 Å². The van der Waals surface area contributed by atoms with Crippen molar-refractivity contribution in [3.05, 3.63) is 75.0 Å². The minimum Gasteiger partial charge on any atom is -0.483 e. The molecule has 3 aliphatic rings. The van der Waals surface area contributed by atoms with Crippen molar-refractivity contribution >= 4 is 76.1 Å². The topological polar surface area (TPSA) is 229 Å². The number of H-pyrrole nitrogens is 1. The number of unbranched alkanes of at least 4 members (excludes halogenated alkanes) is 7. The molecule has 61 heavy (non-hydrogen) atoms. The van der Waals surface area contributed by atoms with Crippen LogP contribution in [0.2, 0.25) is 10.0 Å². The van der Waals surface area contributed by atoms with E-state index >= 15 is 0 Å². The summed E-state index contributed by atoms with van der Waals surface area (Å²) in [6.07, 6.45) is 10.7. The number of amides is 8. The van der Waals surface area contributed by atoms with E-state index in [1.165, 1.54) is 24.4 Å². The molecule has 5 N–H and O–H groups in total. The number of rotatable bonds is 19. The van der Waals surface area contributed by atoms with E-state index in [4.69, 9.17) is 27.9 Å². The number of halogens is 2. The summed E-state index contributed by atoms with van der Waals surface area (Å²) in [5.74, 6) is -3.69. The molecule has 1 unspecified atom stereocenters. The molecular formula is C42H48Cl2N8O9. The van der Waals surface area contributed by atoms with E-state index in [1.807, 2.05) is 4.90 Å². The summed E-state index contributed by atoms with van der Waals surface area (Å²) >= 11 is 12.3. The van der Waals surface area contributed by atoms with Gasteiger partial charge in [0.1, 0.15) is 17.5 Å². The molecule has 3 aliphatic heterocycles. The van der Waals surface area contributed by atoms with Crippen molar-refractivity contribution in [3.63, 3.8) is 0 Å². The molecular weight excluding hydrogens is 831 g/mol. The number of nitrogens with one attached hydrogen (secondary N) is 5. The third kappa shape index (κ3) is 11.3. The predicted octanol–water partition coefficient (Wildman–Crippen LogP) is 4.80. The first-order valence-electron chi connectivity index (χ1n) is 20.5. The summed E-state index contributed by atoms with van der Waals surface area (Å²) in [6, 6.07) is 7.97. The molecule has 324 valence electrons. The second kappa shape index (κ2) is 21.1.